The van der Waals surface area contributed by atoms with Crippen LogP contribution in [0.15, 0.2) is 24.3 Å². The van der Waals surface area contributed by atoms with Crippen LogP contribution in [0.2, 0.25) is 0 Å². The molecule has 1 aliphatic heterocycles. The second-order valence-corrected chi connectivity index (χ2v) is 28.6. The zero-order valence-corrected chi connectivity index (χ0v) is 33.3. The van der Waals surface area contributed by atoms with Crippen molar-refractivity contribution in [3.63, 3.8) is 0 Å². The molecule has 3 unspecified atom stereocenters. The van der Waals surface area contributed by atoms with Crippen molar-refractivity contribution in [3.8, 4) is 23.0 Å². The Bertz CT molecular complexity index is 1350. The Labute approximate surface area is 284 Å². The summed E-state index contributed by atoms with van der Waals surface area (Å²) in [4.78, 5) is 0. The summed E-state index contributed by atoms with van der Waals surface area (Å²) in [5.74, 6) is 3.82. The van der Waals surface area contributed by atoms with Crippen LogP contribution in [0.5, 0.6) is 23.0 Å². The molecule has 252 valence electrons. The molecule has 2 aromatic carbocycles. The molecule has 0 amide bonds. The van der Waals surface area contributed by atoms with Gasteiger partial charge in [-0.3, -0.25) is 0 Å². The summed E-state index contributed by atoms with van der Waals surface area (Å²) in [6.07, 6.45) is 7.91. The molecule has 1 aliphatic carbocycles. The van der Waals surface area contributed by atoms with Crippen molar-refractivity contribution in [3.05, 3.63) is 46.5 Å². The van der Waals surface area contributed by atoms with Crippen LogP contribution in [0, 0.1) is 0 Å². The summed E-state index contributed by atoms with van der Waals surface area (Å²) in [5.41, 5.74) is 3.74. The summed E-state index contributed by atoms with van der Waals surface area (Å²) in [6, 6.07) is 8.66. The van der Waals surface area contributed by atoms with Crippen LogP contribution >= 0.6 is 15.9 Å². The van der Waals surface area contributed by atoms with E-state index in [9.17, 15) is 10.2 Å². The van der Waals surface area contributed by atoms with Gasteiger partial charge in [0.1, 0.15) is 0 Å². The van der Waals surface area contributed by atoms with Gasteiger partial charge in [-0.05, 0) is 0 Å². The number of rotatable bonds is 6. The van der Waals surface area contributed by atoms with Gasteiger partial charge in [0.05, 0.1) is 0 Å². The summed E-state index contributed by atoms with van der Waals surface area (Å²) < 4.78 is 12.7. The molecule has 0 saturated heterocycles. The molecule has 1 heterocycles. The van der Waals surface area contributed by atoms with Crippen molar-refractivity contribution in [2.45, 2.75) is 166 Å². The summed E-state index contributed by atoms with van der Waals surface area (Å²) in [5, 5.41) is 24.7. The molecule has 4 rings (SSSR count). The second-order valence-electron chi connectivity index (χ2n) is 17.2. The van der Waals surface area contributed by atoms with Crippen LogP contribution < -0.4 is 9.47 Å². The van der Waals surface area contributed by atoms with E-state index in [-0.39, 0.29) is 53.4 Å². The fourth-order valence-corrected chi connectivity index (χ4v) is 27.0. The van der Waals surface area contributed by atoms with Crippen molar-refractivity contribution >= 4 is 15.9 Å². The Morgan fingerprint density at radius 2 is 0.956 bits per heavy atom. The first kappa shape index (κ1) is 36.9. The Kier molecular flexibility index (Phi) is 11.4. The third kappa shape index (κ3) is 9.80. The van der Waals surface area contributed by atoms with E-state index >= 15 is 0 Å². The number of aromatic hydroxyl groups is 2. The van der Waals surface area contributed by atoms with Gasteiger partial charge in [-0.1, -0.05) is 0 Å². The normalized spacial score (nSPS) is 22.9. The maximum absolute atomic E-state index is 11.6. The van der Waals surface area contributed by atoms with E-state index in [0.717, 1.165) is 33.1 Å². The number of benzene rings is 2. The van der Waals surface area contributed by atoms with E-state index in [1.807, 2.05) is 41.5 Å². The molecule has 7 heteroatoms. The van der Waals surface area contributed by atoms with Crippen LogP contribution in [0.1, 0.15) is 144 Å². The van der Waals surface area contributed by atoms with E-state index in [1.54, 1.807) is 0 Å². The monoisotopic (exact) mass is 692 g/mol. The van der Waals surface area contributed by atoms with E-state index in [1.165, 1.54) is 49.7 Å². The number of phenols is 2. The Morgan fingerprint density at radius 3 is 1.27 bits per heavy atom. The fraction of sp³-hybridized carbons (Fsp3) is 0.684. The first-order valence-corrected chi connectivity index (χ1v) is 23.6. The molecule has 0 radical (unpaired) electrons. The third-order valence-corrected chi connectivity index (χ3v) is 24.5. The van der Waals surface area contributed by atoms with Crippen LogP contribution in [0.3, 0.4) is 0 Å². The molecule has 0 spiro atoms. The SMILES string of the molecule is CC(C)(C)Oc1cc(C(C)(C)C)cc(C[S]2=[Ti]=[S](Cc3cc(C(C)(C)C)cc(OC(C)(C)C)c3O)[C@H]3CCCCCCC32)c1O. The van der Waals surface area contributed by atoms with E-state index in [0.29, 0.717) is 23.0 Å². The number of phenolic OH excluding ortho intramolecular Hbond substituents is 2. The van der Waals surface area contributed by atoms with Gasteiger partial charge in [0.15, 0.2) is 0 Å². The molecule has 4 atom stereocenters. The number of fused-ring (bicyclic) bond motifs is 1. The molecule has 0 aromatic heterocycles. The summed E-state index contributed by atoms with van der Waals surface area (Å²) in [6.45, 7) is 25.8. The van der Waals surface area contributed by atoms with Gasteiger partial charge in [-0.25, -0.2) is 0 Å². The average Bonchev–Trinajstić information content (AvgIpc) is 3.14. The molecule has 2 N–H and O–H groups in total. The van der Waals surface area contributed by atoms with Gasteiger partial charge in [0.25, 0.3) is 0 Å². The van der Waals surface area contributed by atoms with Crippen molar-refractivity contribution < 1.29 is 35.1 Å². The summed E-state index contributed by atoms with van der Waals surface area (Å²) in [7, 11) is 0.529. The Hall–Kier alpha value is -0.946. The average molecular weight is 693 g/mol. The van der Waals surface area contributed by atoms with Crippen molar-refractivity contribution in [2.75, 3.05) is 0 Å². The minimum atomic E-state index is -0.384. The van der Waals surface area contributed by atoms with Gasteiger partial charge >= 0.3 is 286 Å². The van der Waals surface area contributed by atoms with Crippen LogP contribution in [0.25, 0.3) is 0 Å². The summed E-state index contributed by atoms with van der Waals surface area (Å²) >= 11 is -0.324. The van der Waals surface area contributed by atoms with Gasteiger partial charge in [0.2, 0.25) is 0 Å². The van der Waals surface area contributed by atoms with Crippen LogP contribution in [-0.4, -0.2) is 31.9 Å². The van der Waals surface area contributed by atoms with E-state index < -0.39 is 0 Å². The van der Waals surface area contributed by atoms with E-state index in [2.05, 4.69) is 65.8 Å². The standard InChI is InChI=1S/C38H60O4S2.Ti/c1-35(2,3)27-19-25(33(39)29(21-27)41-37(7,8)9)23-43-31-17-15-13-14-16-18-32(31)44-24-26-20-28(36(4,5)6)22-30(34(26)40)42-38(10,11)12;/h19-22,31-32,39-40H,13-18,23-24H2,1-12H3;/t31-,32?;/m0./s1. The Balaban J connectivity index is 1.83. The molecule has 45 heavy (non-hydrogen) atoms. The number of ether oxygens (including phenoxy) is 2. The quantitative estimate of drug-likeness (QED) is 0.296. The zero-order valence-electron chi connectivity index (χ0n) is 30.1. The van der Waals surface area contributed by atoms with Gasteiger partial charge in [-0.15, -0.1) is 0 Å². The van der Waals surface area contributed by atoms with Gasteiger partial charge in [-0.2, -0.15) is 0 Å². The molecular weight excluding hydrogens is 632 g/mol. The molecule has 1 fully saturated rings. The fourth-order valence-electron chi connectivity index (χ4n) is 6.17. The molecule has 4 nitrogen and oxygen atoms in total. The maximum atomic E-state index is 11.6. The number of hydrogen-bond donors (Lipinski definition) is 2. The van der Waals surface area contributed by atoms with Gasteiger partial charge in [0, 0.05) is 0 Å². The van der Waals surface area contributed by atoms with E-state index in [4.69, 9.17) is 9.47 Å². The molecule has 2 aromatic rings. The minimum absolute atomic E-state index is 0.0387. The zero-order chi connectivity index (χ0) is 33.5. The predicted molar refractivity (Wildman–Crippen MR) is 192 cm³/mol. The molecule has 0 bridgehead atoms. The number of hydrogen-bond acceptors (Lipinski definition) is 4. The first-order chi connectivity index (χ1) is 20.6. The molecule has 1 saturated carbocycles. The first-order valence-electron chi connectivity index (χ1n) is 16.9. The third-order valence-electron chi connectivity index (χ3n) is 8.58. The van der Waals surface area contributed by atoms with Crippen molar-refractivity contribution in [1.82, 2.24) is 0 Å². The molecule has 2 aliphatic rings. The topological polar surface area (TPSA) is 58.9 Å². The van der Waals surface area contributed by atoms with Crippen LogP contribution in [0.4, 0.5) is 0 Å². The molecular formula is C38H60O4S2Ti. The van der Waals surface area contributed by atoms with Gasteiger partial charge < -0.3 is 0 Å². The van der Waals surface area contributed by atoms with Crippen molar-refractivity contribution in [2.24, 2.45) is 0 Å². The predicted octanol–water partition coefficient (Wildman–Crippen LogP) is 11.3. The van der Waals surface area contributed by atoms with Crippen LogP contribution in [-0.2, 0) is 37.8 Å². The van der Waals surface area contributed by atoms with Crippen molar-refractivity contribution in [1.29, 1.82) is 0 Å². The Morgan fingerprint density at radius 1 is 0.600 bits per heavy atom. The second kappa shape index (κ2) is 13.9.